The highest BCUT2D eigenvalue weighted by Gasteiger charge is 2.02. The van der Waals surface area contributed by atoms with Gasteiger partial charge in [-0.15, -0.1) is 0 Å². The Balaban J connectivity index is 1.62. The minimum absolute atomic E-state index is 0.610. The molecule has 2 heterocycles. The van der Waals surface area contributed by atoms with Crippen LogP contribution in [-0.2, 0) is 6.42 Å². The van der Waals surface area contributed by atoms with E-state index in [0.717, 1.165) is 29.2 Å². The Bertz CT molecular complexity index is 648. The molecule has 3 rings (SSSR count). The fraction of sp³-hybridized carbons (Fsp3) is 0.118. The van der Waals surface area contributed by atoms with Crippen LogP contribution in [0.3, 0.4) is 0 Å². The lowest BCUT2D eigenvalue weighted by molar-refractivity contribution is 0.320. The topological polar surface area (TPSA) is 35.3 Å². The monoisotopic (exact) mass is 265 g/mol. The van der Waals surface area contributed by atoms with E-state index in [1.165, 1.54) is 0 Å². The summed E-state index contributed by atoms with van der Waals surface area (Å²) in [5.74, 6) is 1.69. The van der Waals surface area contributed by atoms with Crippen LogP contribution in [0.5, 0.6) is 5.75 Å². The molecule has 0 atom stereocenters. The van der Waals surface area contributed by atoms with Crippen LogP contribution in [0.4, 0.5) is 0 Å². The Hall–Kier alpha value is -2.55. The molecular formula is C17H15NO2. The number of ether oxygens (including phenoxy) is 1. The van der Waals surface area contributed by atoms with Gasteiger partial charge in [0.1, 0.15) is 11.5 Å². The van der Waals surface area contributed by atoms with E-state index in [1.807, 2.05) is 54.6 Å². The Kier molecular flexibility index (Phi) is 3.78. The first-order valence-electron chi connectivity index (χ1n) is 6.58. The van der Waals surface area contributed by atoms with Crippen molar-refractivity contribution in [3.8, 4) is 17.1 Å². The predicted molar refractivity (Wildman–Crippen MR) is 77.6 cm³/mol. The van der Waals surface area contributed by atoms with Crippen LogP contribution in [0.1, 0.15) is 5.69 Å². The summed E-state index contributed by atoms with van der Waals surface area (Å²) in [6, 6.07) is 17.6. The molecule has 0 radical (unpaired) electrons. The van der Waals surface area contributed by atoms with E-state index < -0.39 is 0 Å². The molecule has 100 valence electrons. The van der Waals surface area contributed by atoms with Crippen molar-refractivity contribution in [2.45, 2.75) is 6.42 Å². The van der Waals surface area contributed by atoms with Gasteiger partial charge in [-0.1, -0.05) is 18.2 Å². The number of nitrogens with zero attached hydrogens (tertiary/aromatic N) is 1. The molecular weight excluding hydrogens is 250 g/mol. The first kappa shape index (κ1) is 12.5. The van der Waals surface area contributed by atoms with Gasteiger partial charge in [-0.25, -0.2) is 0 Å². The summed E-state index contributed by atoms with van der Waals surface area (Å²) in [4.78, 5) is 4.27. The molecule has 3 aromatic rings. The third-order valence-electron chi connectivity index (χ3n) is 2.99. The smallest absolute Gasteiger partial charge is 0.133 e. The maximum Gasteiger partial charge on any atom is 0.133 e. The third kappa shape index (κ3) is 3.06. The Morgan fingerprint density at radius 2 is 2.00 bits per heavy atom. The summed E-state index contributed by atoms with van der Waals surface area (Å²) in [5.41, 5.74) is 2.06. The molecule has 0 aliphatic carbocycles. The van der Waals surface area contributed by atoms with Crippen molar-refractivity contribution in [3.63, 3.8) is 0 Å². The molecule has 0 spiro atoms. The Labute approximate surface area is 117 Å². The molecule has 0 bridgehead atoms. The van der Waals surface area contributed by atoms with E-state index in [2.05, 4.69) is 4.98 Å². The van der Waals surface area contributed by atoms with Gasteiger partial charge in [0.25, 0.3) is 0 Å². The summed E-state index contributed by atoms with van der Waals surface area (Å²) in [7, 11) is 0. The minimum atomic E-state index is 0.610. The summed E-state index contributed by atoms with van der Waals surface area (Å²) < 4.78 is 11.1. The molecule has 0 saturated heterocycles. The van der Waals surface area contributed by atoms with Gasteiger partial charge in [-0.2, -0.15) is 0 Å². The molecule has 3 heteroatoms. The van der Waals surface area contributed by atoms with Crippen molar-refractivity contribution < 1.29 is 9.15 Å². The third-order valence-corrected chi connectivity index (χ3v) is 2.99. The highest BCUT2D eigenvalue weighted by atomic mass is 16.5. The first-order chi connectivity index (χ1) is 9.92. The summed E-state index contributed by atoms with van der Waals surface area (Å²) in [5, 5.41) is 0. The Morgan fingerprint density at radius 3 is 2.80 bits per heavy atom. The van der Waals surface area contributed by atoms with E-state index >= 15 is 0 Å². The zero-order valence-electron chi connectivity index (χ0n) is 11.0. The van der Waals surface area contributed by atoms with Crippen molar-refractivity contribution in [2.75, 3.05) is 6.61 Å². The molecule has 0 N–H and O–H groups in total. The fourth-order valence-corrected chi connectivity index (χ4v) is 2.00. The lowest BCUT2D eigenvalue weighted by Crippen LogP contribution is -2.02. The molecule has 1 aromatic carbocycles. The maximum atomic E-state index is 5.77. The largest absolute Gasteiger partial charge is 0.493 e. The van der Waals surface area contributed by atoms with Crippen LogP contribution in [-0.4, -0.2) is 11.6 Å². The van der Waals surface area contributed by atoms with Crippen molar-refractivity contribution in [1.82, 2.24) is 4.98 Å². The number of hydrogen-bond donors (Lipinski definition) is 0. The van der Waals surface area contributed by atoms with E-state index in [9.17, 15) is 0 Å². The average molecular weight is 265 g/mol. The average Bonchev–Trinajstić information content (AvgIpc) is 3.03. The molecule has 0 aliphatic heterocycles. The normalized spacial score (nSPS) is 10.4. The molecule has 2 aromatic heterocycles. The van der Waals surface area contributed by atoms with Crippen LogP contribution in [0, 0.1) is 0 Å². The number of benzene rings is 1. The standard InChI is InChI=1S/C17H15NO2/c1-2-10-18-15(6-1)9-12-19-16-7-3-5-14(13-16)17-8-4-11-20-17/h1-8,10-11,13H,9,12H2. The van der Waals surface area contributed by atoms with Gasteiger partial charge < -0.3 is 9.15 Å². The van der Waals surface area contributed by atoms with E-state index in [4.69, 9.17) is 9.15 Å². The number of pyridine rings is 1. The SMILES string of the molecule is c1ccc(CCOc2cccc(-c3ccco3)c2)nc1. The highest BCUT2D eigenvalue weighted by Crippen LogP contribution is 2.24. The van der Waals surface area contributed by atoms with E-state index in [0.29, 0.717) is 6.61 Å². The molecule has 0 fully saturated rings. The number of furan rings is 1. The van der Waals surface area contributed by atoms with Gasteiger partial charge in [0.15, 0.2) is 0 Å². The molecule has 3 nitrogen and oxygen atoms in total. The van der Waals surface area contributed by atoms with E-state index in [1.54, 1.807) is 12.5 Å². The van der Waals surface area contributed by atoms with Crippen LogP contribution in [0.25, 0.3) is 11.3 Å². The molecule has 0 saturated carbocycles. The molecule has 20 heavy (non-hydrogen) atoms. The summed E-state index contributed by atoms with van der Waals surface area (Å²) in [6.45, 7) is 0.610. The Morgan fingerprint density at radius 1 is 1.00 bits per heavy atom. The van der Waals surface area contributed by atoms with Crippen LogP contribution in [0.2, 0.25) is 0 Å². The zero-order chi connectivity index (χ0) is 13.6. The first-order valence-corrected chi connectivity index (χ1v) is 6.58. The molecule has 0 amide bonds. The fourth-order valence-electron chi connectivity index (χ4n) is 2.00. The van der Waals surface area contributed by atoms with Crippen molar-refractivity contribution in [3.05, 3.63) is 72.8 Å². The number of hydrogen-bond acceptors (Lipinski definition) is 3. The zero-order valence-corrected chi connectivity index (χ0v) is 11.0. The van der Waals surface area contributed by atoms with Crippen LogP contribution in [0.15, 0.2) is 71.5 Å². The summed E-state index contributed by atoms with van der Waals surface area (Å²) in [6.07, 6.45) is 4.27. The van der Waals surface area contributed by atoms with Gasteiger partial charge in [0.2, 0.25) is 0 Å². The van der Waals surface area contributed by atoms with Gasteiger partial charge in [-0.05, 0) is 36.4 Å². The summed E-state index contributed by atoms with van der Waals surface area (Å²) >= 11 is 0. The molecule has 0 aliphatic rings. The second-order valence-corrected chi connectivity index (χ2v) is 4.42. The van der Waals surface area contributed by atoms with Gasteiger partial charge in [0.05, 0.1) is 12.9 Å². The van der Waals surface area contributed by atoms with Crippen LogP contribution < -0.4 is 4.74 Å². The van der Waals surface area contributed by atoms with Gasteiger partial charge in [-0.3, -0.25) is 4.98 Å². The molecule has 0 unspecified atom stereocenters. The predicted octanol–water partition coefficient (Wildman–Crippen LogP) is 3.96. The van der Waals surface area contributed by atoms with Gasteiger partial charge in [0, 0.05) is 23.9 Å². The lowest BCUT2D eigenvalue weighted by Gasteiger charge is -2.07. The number of aromatic nitrogens is 1. The van der Waals surface area contributed by atoms with E-state index in [-0.39, 0.29) is 0 Å². The second-order valence-electron chi connectivity index (χ2n) is 4.42. The van der Waals surface area contributed by atoms with Gasteiger partial charge >= 0.3 is 0 Å². The van der Waals surface area contributed by atoms with Crippen molar-refractivity contribution in [2.24, 2.45) is 0 Å². The quantitative estimate of drug-likeness (QED) is 0.700. The maximum absolute atomic E-state index is 5.77. The van der Waals surface area contributed by atoms with Crippen LogP contribution >= 0.6 is 0 Å². The number of rotatable bonds is 5. The second kappa shape index (κ2) is 6.06. The minimum Gasteiger partial charge on any atom is -0.493 e. The lowest BCUT2D eigenvalue weighted by atomic mass is 10.1. The van der Waals surface area contributed by atoms with Crippen molar-refractivity contribution in [1.29, 1.82) is 0 Å². The highest BCUT2D eigenvalue weighted by molar-refractivity contribution is 5.59. The van der Waals surface area contributed by atoms with Crippen molar-refractivity contribution >= 4 is 0 Å².